The summed E-state index contributed by atoms with van der Waals surface area (Å²) in [5, 5.41) is 15.4. The number of carbonyl (C=O) groups excluding carboxylic acids is 4. The number of ether oxygens (including phenoxy) is 1. The van der Waals surface area contributed by atoms with Gasteiger partial charge in [0.1, 0.15) is 12.1 Å². The van der Waals surface area contributed by atoms with E-state index in [-0.39, 0.29) is 25.0 Å². The van der Waals surface area contributed by atoms with Gasteiger partial charge in [-0.25, -0.2) is 0 Å². The second kappa shape index (κ2) is 18.9. The number of hydrogen-bond donors (Lipinski definition) is 4. The lowest BCUT2D eigenvalue weighted by Gasteiger charge is -2.24. The first-order valence-corrected chi connectivity index (χ1v) is 16.1. The minimum absolute atomic E-state index is 0.0439. The Balaban J connectivity index is 2.22. The molecule has 1 aromatic carbocycles. The van der Waals surface area contributed by atoms with Gasteiger partial charge < -0.3 is 26.0 Å². The Bertz CT molecular complexity index is 1230. The summed E-state index contributed by atoms with van der Waals surface area (Å²) in [5.74, 6) is -1.97. The van der Waals surface area contributed by atoms with Gasteiger partial charge in [-0.2, -0.15) is 5.10 Å². The predicted octanol–water partition coefficient (Wildman–Crippen LogP) is 3.73. The Morgan fingerprint density at radius 2 is 1.62 bits per heavy atom. The largest absolute Gasteiger partial charge is 0.379 e. The van der Waals surface area contributed by atoms with Gasteiger partial charge in [0.05, 0.1) is 30.5 Å². The minimum atomic E-state index is -1.23. The van der Waals surface area contributed by atoms with E-state index in [1.54, 1.807) is 11.7 Å². The van der Waals surface area contributed by atoms with Crippen molar-refractivity contribution in [2.24, 2.45) is 12.5 Å². The summed E-state index contributed by atoms with van der Waals surface area (Å²) < 4.78 is 7.45. The fourth-order valence-corrected chi connectivity index (χ4v) is 4.56. The van der Waals surface area contributed by atoms with Gasteiger partial charge in [0.25, 0.3) is 5.91 Å². The van der Waals surface area contributed by atoms with Gasteiger partial charge in [-0.1, -0.05) is 90.1 Å². The second-order valence-electron chi connectivity index (χ2n) is 12.8. The lowest BCUT2D eigenvalue weighted by atomic mass is 9.97. The number of rotatable bonds is 19. The van der Waals surface area contributed by atoms with Crippen LogP contribution in [0, 0.1) is 12.3 Å². The molecule has 0 fully saturated rings. The maximum atomic E-state index is 13.7. The number of carbonyl (C=O) groups is 4. The van der Waals surface area contributed by atoms with Crippen LogP contribution in [0.2, 0.25) is 0 Å². The van der Waals surface area contributed by atoms with Crippen LogP contribution in [0.25, 0.3) is 0 Å². The van der Waals surface area contributed by atoms with Gasteiger partial charge in [0.2, 0.25) is 17.7 Å². The number of hydrogen-bond acceptors (Lipinski definition) is 6. The molecule has 0 aliphatic carbocycles. The Morgan fingerprint density at radius 3 is 2.27 bits per heavy atom. The van der Waals surface area contributed by atoms with Crippen LogP contribution >= 0.6 is 0 Å². The first-order valence-electron chi connectivity index (χ1n) is 16.1. The zero-order chi connectivity index (χ0) is 33.4. The third-order valence-corrected chi connectivity index (χ3v) is 7.27. The van der Waals surface area contributed by atoms with Gasteiger partial charge in [-0.15, -0.1) is 0 Å². The number of nitrogens with one attached hydrogen (secondary N) is 4. The highest BCUT2D eigenvalue weighted by Crippen LogP contribution is 2.13. The Kier molecular flexibility index (Phi) is 15.8. The lowest BCUT2D eigenvalue weighted by Crippen LogP contribution is -2.56. The molecule has 2 aromatic rings. The SMILES string of the molecule is CCCCCCOC[C@H](NC(=O)[C@H](CC(=O)NCC(C)(C)C)NC(=O)c1cnn(C)c1CCC)C(=O)NCc1ccc(C)cc1. The van der Waals surface area contributed by atoms with Gasteiger partial charge in [-0.3, -0.25) is 23.9 Å². The predicted molar refractivity (Wildman–Crippen MR) is 175 cm³/mol. The van der Waals surface area contributed by atoms with Crippen molar-refractivity contribution < 1.29 is 23.9 Å². The molecule has 4 amide bonds. The third-order valence-electron chi connectivity index (χ3n) is 7.27. The highest BCUT2D eigenvalue weighted by atomic mass is 16.5. The van der Waals surface area contributed by atoms with Crippen molar-refractivity contribution in [3.05, 3.63) is 52.8 Å². The number of aromatic nitrogens is 2. The van der Waals surface area contributed by atoms with E-state index in [1.807, 2.05) is 58.9 Å². The maximum Gasteiger partial charge on any atom is 0.255 e. The van der Waals surface area contributed by atoms with E-state index in [9.17, 15) is 19.2 Å². The molecular weight excluding hydrogens is 572 g/mol. The number of aryl methyl sites for hydroxylation is 2. The zero-order valence-electron chi connectivity index (χ0n) is 28.3. The maximum absolute atomic E-state index is 13.7. The molecule has 11 nitrogen and oxygen atoms in total. The summed E-state index contributed by atoms with van der Waals surface area (Å²) >= 11 is 0. The highest BCUT2D eigenvalue weighted by molar-refractivity contribution is 6.00. The fourth-order valence-electron chi connectivity index (χ4n) is 4.56. The van der Waals surface area contributed by atoms with Gasteiger partial charge in [-0.05, 0) is 30.7 Å². The van der Waals surface area contributed by atoms with Gasteiger partial charge in [0.15, 0.2) is 0 Å². The smallest absolute Gasteiger partial charge is 0.255 e. The zero-order valence-corrected chi connectivity index (χ0v) is 28.3. The van der Waals surface area contributed by atoms with Crippen LogP contribution in [0.4, 0.5) is 0 Å². The van der Waals surface area contributed by atoms with Crippen molar-refractivity contribution in [2.75, 3.05) is 19.8 Å². The third kappa shape index (κ3) is 13.8. The average molecular weight is 627 g/mol. The van der Waals surface area contributed by atoms with Crippen LogP contribution in [0.15, 0.2) is 30.5 Å². The average Bonchev–Trinajstić information content (AvgIpc) is 3.36. The molecule has 4 N–H and O–H groups in total. The molecule has 250 valence electrons. The van der Waals surface area contributed by atoms with Crippen LogP contribution in [0.1, 0.15) is 100 Å². The summed E-state index contributed by atoms with van der Waals surface area (Å²) in [6.45, 7) is 13.2. The van der Waals surface area contributed by atoms with Crippen molar-refractivity contribution in [3.63, 3.8) is 0 Å². The quantitative estimate of drug-likeness (QED) is 0.175. The number of amides is 4. The van der Waals surface area contributed by atoms with Gasteiger partial charge in [0, 0.05) is 26.7 Å². The van der Waals surface area contributed by atoms with Crippen molar-refractivity contribution >= 4 is 23.6 Å². The molecule has 1 heterocycles. The molecule has 0 aliphatic rings. The number of nitrogens with zero attached hydrogens (tertiary/aromatic N) is 2. The topological polar surface area (TPSA) is 143 Å². The summed E-state index contributed by atoms with van der Waals surface area (Å²) in [7, 11) is 1.76. The number of unbranched alkanes of at least 4 members (excludes halogenated alkanes) is 3. The molecule has 45 heavy (non-hydrogen) atoms. The first-order chi connectivity index (χ1) is 21.3. The normalized spacial score (nSPS) is 12.7. The molecule has 0 bridgehead atoms. The van der Waals surface area contributed by atoms with E-state index in [0.717, 1.165) is 48.9 Å². The summed E-state index contributed by atoms with van der Waals surface area (Å²) in [6.07, 6.45) is 6.63. The van der Waals surface area contributed by atoms with Crippen LogP contribution in [-0.4, -0.2) is 65.3 Å². The van der Waals surface area contributed by atoms with E-state index < -0.39 is 35.7 Å². The van der Waals surface area contributed by atoms with Gasteiger partial charge >= 0.3 is 0 Å². The van der Waals surface area contributed by atoms with Crippen molar-refractivity contribution in [3.8, 4) is 0 Å². The second-order valence-corrected chi connectivity index (χ2v) is 12.8. The molecule has 0 saturated heterocycles. The fraction of sp³-hybridized carbons (Fsp3) is 0.618. The molecule has 0 radical (unpaired) electrons. The van der Waals surface area contributed by atoms with E-state index >= 15 is 0 Å². The highest BCUT2D eigenvalue weighted by Gasteiger charge is 2.30. The summed E-state index contributed by atoms with van der Waals surface area (Å²) in [4.78, 5) is 53.3. The molecule has 11 heteroatoms. The number of benzene rings is 1. The molecule has 1 aromatic heterocycles. The molecule has 0 unspecified atom stereocenters. The van der Waals surface area contributed by atoms with E-state index in [2.05, 4.69) is 33.3 Å². The van der Waals surface area contributed by atoms with Crippen LogP contribution < -0.4 is 21.3 Å². The summed E-state index contributed by atoms with van der Waals surface area (Å²) in [6, 6.07) is 5.53. The van der Waals surface area contributed by atoms with Crippen molar-refractivity contribution in [1.82, 2.24) is 31.0 Å². The van der Waals surface area contributed by atoms with E-state index in [0.29, 0.717) is 25.1 Å². The van der Waals surface area contributed by atoms with Crippen molar-refractivity contribution in [2.45, 2.75) is 105 Å². The molecule has 0 aliphatic heterocycles. The molecule has 2 rings (SSSR count). The molecule has 0 spiro atoms. The molecular formula is C34H54N6O5. The Labute approximate surface area is 268 Å². The Morgan fingerprint density at radius 1 is 0.911 bits per heavy atom. The molecule has 2 atom stereocenters. The van der Waals surface area contributed by atoms with Crippen LogP contribution in [0.5, 0.6) is 0 Å². The standard InChI is InChI=1S/C34H54N6O5/c1-8-10-11-12-18-45-22-28(32(43)35-20-25-16-14-24(3)15-17-25)39-33(44)27(19-30(41)36-23-34(4,5)6)38-31(42)26-21-37-40(7)29(26)13-9-2/h14-17,21,27-28H,8-13,18-20,22-23H2,1-7H3,(H,35,43)(H,36,41)(H,38,42)(H,39,44)/t27-,28-/m0/s1. The van der Waals surface area contributed by atoms with Crippen LogP contribution in [0.3, 0.4) is 0 Å². The molecule has 0 saturated carbocycles. The van der Waals surface area contributed by atoms with Crippen molar-refractivity contribution in [1.29, 1.82) is 0 Å². The monoisotopic (exact) mass is 626 g/mol. The van der Waals surface area contributed by atoms with E-state index in [4.69, 9.17) is 4.74 Å². The lowest BCUT2D eigenvalue weighted by molar-refractivity contribution is -0.132. The summed E-state index contributed by atoms with van der Waals surface area (Å²) in [5.41, 5.74) is 2.93. The first kappa shape index (κ1) is 37.5. The minimum Gasteiger partial charge on any atom is -0.379 e. The van der Waals surface area contributed by atoms with E-state index in [1.165, 1.54) is 6.20 Å². The Hall–Kier alpha value is -3.73. The van der Waals surface area contributed by atoms with Crippen LogP contribution in [-0.2, 0) is 39.1 Å².